The quantitative estimate of drug-likeness (QED) is 0.540. The highest BCUT2D eigenvalue weighted by Gasteiger charge is 2.40. The lowest BCUT2D eigenvalue weighted by molar-refractivity contribution is -0.157. The number of ether oxygens (including phenoxy) is 2. The van der Waals surface area contributed by atoms with E-state index in [2.05, 4.69) is 37.3 Å². The van der Waals surface area contributed by atoms with Crippen molar-refractivity contribution in [3.8, 4) is 0 Å². The molecule has 1 aromatic rings. The molecule has 2 saturated carbocycles. The summed E-state index contributed by atoms with van der Waals surface area (Å²) in [5, 5.41) is 0. The van der Waals surface area contributed by atoms with Gasteiger partial charge in [0.15, 0.2) is 0 Å². The molecule has 0 bridgehead atoms. The van der Waals surface area contributed by atoms with E-state index in [4.69, 9.17) is 9.47 Å². The molecule has 0 spiro atoms. The molecular formula is C23H36O2. The van der Waals surface area contributed by atoms with Crippen molar-refractivity contribution in [1.82, 2.24) is 0 Å². The van der Waals surface area contributed by atoms with Crippen LogP contribution in [0.25, 0.3) is 0 Å². The average Bonchev–Trinajstić information content (AvgIpc) is 2.68. The van der Waals surface area contributed by atoms with Crippen LogP contribution in [-0.4, -0.2) is 13.9 Å². The molecule has 3 rings (SSSR count). The monoisotopic (exact) mass is 344 g/mol. The minimum Gasteiger partial charge on any atom is -0.359 e. The van der Waals surface area contributed by atoms with E-state index in [0.29, 0.717) is 6.79 Å². The van der Waals surface area contributed by atoms with Gasteiger partial charge in [-0.15, -0.1) is 0 Å². The summed E-state index contributed by atoms with van der Waals surface area (Å²) >= 11 is 0. The first-order valence-corrected chi connectivity index (χ1v) is 10.5. The van der Waals surface area contributed by atoms with Gasteiger partial charge in [0.2, 0.25) is 0 Å². The molecule has 0 amide bonds. The third-order valence-electron chi connectivity index (χ3n) is 6.85. The minimum atomic E-state index is -0.132. The largest absolute Gasteiger partial charge is 0.359 e. The molecular weight excluding hydrogens is 308 g/mol. The van der Waals surface area contributed by atoms with Crippen molar-refractivity contribution in [1.29, 1.82) is 0 Å². The molecule has 1 aromatic carbocycles. The normalized spacial score (nSPS) is 33.3. The average molecular weight is 345 g/mol. The molecule has 0 radical (unpaired) electrons. The maximum Gasteiger partial charge on any atom is 0.147 e. The highest BCUT2D eigenvalue weighted by molar-refractivity contribution is 5.23. The summed E-state index contributed by atoms with van der Waals surface area (Å²) < 4.78 is 11.5. The van der Waals surface area contributed by atoms with Crippen molar-refractivity contribution in [2.75, 3.05) is 13.9 Å². The van der Waals surface area contributed by atoms with Crippen LogP contribution in [-0.2, 0) is 15.1 Å². The summed E-state index contributed by atoms with van der Waals surface area (Å²) in [6.45, 7) is 2.72. The molecule has 0 N–H and O–H groups in total. The summed E-state index contributed by atoms with van der Waals surface area (Å²) in [5.74, 6) is 2.88. The molecule has 140 valence electrons. The molecule has 0 aliphatic heterocycles. The lowest BCUT2D eigenvalue weighted by Crippen LogP contribution is -2.37. The standard InChI is InChI=1S/C23H36O2/c1-3-7-19-10-12-20(13-11-19)21-14-16-23(17-15-21,25-18-24-2)22-8-5-4-6-9-22/h4-6,8-9,19-21H,3,7,10-18H2,1-2H3. The van der Waals surface area contributed by atoms with Gasteiger partial charge in [-0.1, -0.05) is 62.9 Å². The van der Waals surface area contributed by atoms with Gasteiger partial charge in [-0.2, -0.15) is 0 Å². The first kappa shape index (κ1) is 18.9. The van der Waals surface area contributed by atoms with Crippen molar-refractivity contribution >= 4 is 0 Å². The van der Waals surface area contributed by atoms with Crippen LogP contribution in [0.15, 0.2) is 30.3 Å². The van der Waals surface area contributed by atoms with E-state index in [1.54, 1.807) is 7.11 Å². The van der Waals surface area contributed by atoms with Gasteiger partial charge in [-0.05, 0) is 61.8 Å². The molecule has 2 aliphatic carbocycles. The van der Waals surface area contributed by atoms with Gasteiger partial charge < -0.3 is 9.47 Å². The van der Waals surface area contributed by atoms with Crippen molar-refractivity contribution in [3.05, 3.63) is 35.9 Å². The van der Waals surface area contributed by atoms with Crippen molar-refractivity contribution in [3.63, 3.8) is 0 Å². The Morgan fingerprint density at radius 2 is 1.56 bits per heavy atom. The summed E-state index contributed by atoms with van der Waals surface area (Å²) in [6.07, 6.45) is 13.6. The SMILES string of the molecule is CCCC1CCC(C2CCC(OCOC)(c3ccccc3)CC2)CC1. The molecule has 2 heteroatoms. The van der Waals surface area contributed by atoms with E-state index in [-0.39, 0.29) is 5.60 Å². The van der Waals surface area contributed by atoms with E-state index in [9.17, 15) is 0 Å². The van der Waals surface area contributed by atoms with Crippen molar-refractivity contribution < 1.29 is 9.47 Å². The predicted molar refractivity (Wildman–Crippen MR) is 103 cm³/mol. The minimum absolute atomic E-state index is 0.132. The van der Waals surface area contributed by atoms with E-state index >= 15 is 0 Å². The fourth-order valence-corrected chi connectivity index (χ4v) is 5.36. The Kier molecular flexibility index (Phi) is 6.95. The molecule has 0 atom stereocenters. The van der Waals surface area contributed by atoms with Gasteiger partial charge >= 0.3 is 0 Å². The van der Waals surface area contributed by atoms with Crippen LogP contribution < -0.4 is 0 Å². The van der Waals surface area contributed by atoms with Gasteiger partial charge in [0.25, 0.3) is 0 Å². The second-order valence-corrected chi connectivity index (χ2v) is 8.32. The van der Waals surface area contributed by atoms with Crippen LogP contribution in [0.1, 0.15) is 76.7 Å². The maximum absolute atomic E-state index is 6.27. The van der Waals surface area contributed by atoms with Gasteiger partial charge in [0, 0.05) is 7.11 Å². The Balaban J connectivity index is 1.59. The Morgan fingerprint density at radius 1 is 0.920 bits per heavy atom. The highest BCUT2D eigenvalue weighted by Crippen LogP contribution is 2.47. The lowest BCUT2D eigenvalue weighted by Gasteiger charge is -2.43. The van der Waals surface area contributed by atoms with Crippen molar-refractivity contribution in [2.24, 2.45) is 17.8 Å². The zero-order valence-corrected chi connectivity index (χ0v) is 16.2. The van der Waals surface area contributed by atoms with Crippen LogP contribution in [0.3, 0.4) is 0 Å². The molecule has 0 unspecified atom stereocenters. The fraction of sp³-hybridized carbons (Fsp3) is 0.739. The van der Waals surface area contributed by atoms with Gasteiger partial charge in [0.05, 0.1) is 5.60 Å². The number of hydrogen-bond donors (Lipinski definition) is 0. The van der Waals surface area contributed by atoms with Crippen molar-refractivity contribution in [2.45, 2.75) is 76.7 Å². The van der Waals surface area contributed by atoms with Crippen LogP contribution >= 0.6 is 0 Å². The second-order valence-electron chi connectivity index (χ2n) is 8.32. The lowest BCUT2D eigenvalue weighted by atomic mass is 9.66. The molecule has 2 fully saturated rings. The third kappa shape index (κ3) is 4.65. The molecule has 2 nitrogen and oxygen atoms in total. The number of benzene rings is 1. The van der Waals surface area contributed by atoms with E-state index in [1.165, 1.54) is 56.9 Å². The van der Waals surface area contributed by atoms with E-state index in [1.807, 2.05) is 0 Å². The Morgan fingerprint density at radius 3 is 2.16 bits per heavy atom. The zero-order valence-electron chi connectivity index (χ0n) is 16.2. The van der Waals surface area contributed by atoms with Crippen LogP contribution in [0, 0.1) is 17.8 Å². The Bertz CT molecular complexity index is 482. The van der Waals surface area contributed by atoms with E-state index < -0.39 is 0 Å². The highest BCUT2D eigenvalue weighted by atomic mass is 16.7. The number of rotatable bonds is 7. The first-order chi connectivity index (χ1) is 12.3. The van der Waals surface area contributed by atoms with Crippen LogP contribution in [0.4, 0.5) is 0 Å². The smallest absolute Gasteiger partial charge is 0.147 e. The molecule has 0 aromatic heterocycles. The fourth-order valence-electron chi connectivity index (χ4n) is 5.36. The summed E-state index contributed by atoms with van der Waals surface area (Å²) in [4.78, 5) is 0. The summed E-state index contributed by atoms with van der Waals surface area (Å²) in [6, 6.07) is 10.8. The second kappa shape index (κ2) is 9.19. The van der Waals surface area contributed by atoms with Crippen LogP contribution in [0.2, 0.25) is 0 Å². The molecule has 0 saturated heterocycles. The molecule has 25 heavy (non-hydrogen) atoms. The molecule has 0 heterocycles. The maximum atomic E-state index is 6.27. The van der Waals surface area contributed by atoms with Gasteiger partial charge in [0.1, 0.15) is 6.79 Å². The van der Waals surface area contributed by atoms with Gasteiger partial charge in [-0.3, -0.25) is 0 Å². The van der Waals surface area contributed by atoms with E-state index in [0.717, 1.165) is 30.6 Å². The summed E-state index contributed by atoms with van der Waals surface area (Å²) in [7, 11) is 1.72. The molecule has 2 aliphatic rings. The number of methoxy groups -OCH3 is 1. The summed E-state index contributed by atoms with van der Waals surface area (Å²) in [5.41, 5.74) is 1.20. The third-order valence-corrected chi connectivity index (χ3v) is 6.85. The Labute approximate surface area is 154 Å². The topological polar surface area (TPSA) is 18.5 Å². The van der Waals surface area contributed by atoms with Crippen LogP contribution in [0.5, 0.6) is 0 Å². The van der Waals surface area contributed by atoms with Gasteiger partial charge in [-0.25, -0.2) is 0 Å². The number of hydrogen-bond acceptors (Lipinski definition) is 2. The first-order valence-electron chi connectivity index (χ1n) is 10.5. The Hall–Kier alpha value is -0.860. The predicted octanol–water partition coefficient (Wildman–Crippen LogP) is 6.30. The zero-order chi connectivity index (χ0) is 17.5.